The fourth-order valence-corrected chi connectivity index (χ4v) is 2.86. The van der Waals surface area contributed by atoms with Crippen molar-refractivity contribution < 1.29 is 23.9 Å². The Morgan fingerprint density at radius 3 is 2.33 bits per heavy atom. The molecule has 0 fully saturated rings. The van der Waals surface area contributed by atoms with Crippen LogP contribution in [-0.2, 0) is 23.9 Å². The van der Waals surface area contributed by atoms with E-state index in [1.54, 1.807) is 0 Å². The smallest absolute Gasteiger partial charge is 0.253 e. The van der Waals surface area contributed by atoms with E-state index in [0.29, 0.717) is 32.4 Å². The van der Waals surface area contributed by atoms with E-state index in [9.17, 15) is 14.4 Å². The van der Waals surface area contributed by atoms with Gasteiger partial charge in [-0.2, -0.15) is 0 Å². The van der Waals surface area contributed by atoms with E-state index < -0.39 is 0 Å². The van der Waals surface area contributed by atoms with Crippen LogP contribution in [0.15, 0.2) is 22.4 Å². The third kappa shape index (κ3) is 11.2. The minimum Gasteiger partial charge on any atom is -0.377 e. The molecule has 1 rings (SSSR count). The summed E-state index contributed by atoms with van der Waals surface area (Å²) < 4.78 is 10.6. The van der Waals surface area contributed by atoms with Crippen molar-refractivity contribution in [2.75, 3.05) is 46.1 Å². The molecular weight excluding hydrogens is 394 g/mol. The number of hydrogen-bond acceptors (Lipinski definition) is 7. The van der Waals surface area contributed by atoms with Crippen molar-refractivity contribution in [3.05, 3.63) is 33.0 Å². The number of nitrogens with zero attached hydrogens (tertiary/aromatic N) is 7. The molecule has 0 saturated heterocycles. The fourth-order valence-electron chi connectivity index (χ4n) is 2.86. The molecule has 0 bridgehead atoms. The highest BCUT2D eigenvalue weighted by Crippen LogP contribution is 2.18. The summed E-state index contributed by atoms with van der Waals surface area (Å²) in [6, 6.07) is 0. The average Bonchev–Trinajstić information content (AvgIpc) is 3.05. The molecule has 0 radical (unpaired) electrons. The van der Waals surface area contributed by atoms with Gasteiger partial charge in [0, 0.05) is 41.5 Å². The van der Waals surface area contributed by atoms with Gasteiger partial charge in [0.2, 0.25) is 0 Å². The minimum absolute atomic E-state index is 0.0157. The molecule has 0 aromatic rings. The molecule has 0 spiro atoms. The number of amides is 2. The molecule has 0 N–H and O–H groups in total. The Kier molecular flexibility index (Phi) is 13.4. The van der Waals surface area contributed by atoms with Gasteiger partial charge < -0.3 is 9.47 Å². The summed E-state index contributed by atoms with van der Waals surface area (Å²) in [5.74, 6) is -0.512. The van der Waals surface area contributed by atoms with Crippen LogP contribution in [0, 0.1) is 5.92 Å². The number of azide groups is 2. The zero-order chi connectivity index (χ0) is 22.0. The highest BCUT2D eigenvalue weighted by atomic mass is 16.5. The molecule has 2 amide bonds. The molecule has 30 heavy (non-hydrogen) atoms. The summed E-state index contributed by atoms with van der Waals surface area (Å²) in [5.41, 5.74) is 16.7. The number of ketones is 1. The second kappa shape index (κ2) is 15.9. The predicted molar refractivity (Wildman–Crippen MR) is 107 cm³/mol. The summed E-state index contributed by atoms with van der Waals surface area (Å²) in [4.78, 5) is 41.2. The minimum atomic E-state index is -0.346. The van der Waals surface area contributed by atoms with Crippen LogP contribution in [-0.4, -0.2) is 68.6 Å². The topological polar surface area (TPSA) is 170 Å². The Hall–Kier alpha value is -2.91. The lowest BCUT2D eigenvalue weighted by molar-refractivity contribution is -0.138. The van der Waals surface area contributed by atoms with Crippen LogP contribution in [0.25, 0.3) is 20.9 Å². The molecule has 1 aliphatic rings. The molecule has 1 heterocycles. The number of Topliss-reactive ketones (excluding diaryl/α,β-unsaturated/α-hetero) is 1. The van der Waals surface area contributed by atoms with Gasteiger partial charge in [0.25, 0.3) is 11.8 Å². The van der Waals surface area contributed by atoms with E-state index in [2.05, 4.69) is 20.1 Å². The van der Waals surface area contributed by atoms with Gasteiger partial charge in [-0.15, -0.1) is 0 Å². The number of hydrogen-bond donors (Lipinski definition) is 0. The molecule has 1 unspecified atom stereocenters. The second-order valence-corrected chi connectivity index (χ2v) is 6.61. The van der Waals surface area contributed by atoms with Gasteiger partial charge in [0.15, 0.2) is 5.78 Å². The average molecular weight is 421 g/mol. The van der Waals surface area contributed by atoms with Crippen molar-refractivity contribution in [2.45, 2.75) is 32.1 Å². The van der Waals surface area contributed by atoms with Crippen LogP contribution in [0.1, 0.15) is 32.1 Å². The molecule has 12 nitrogen and oxygen atoms in total. The normalized spacial score (nSPS) is 13.8. The third-order valence-electron chi connectivity index (χ3n) is 4.46. The quantitative estimate of drug-likeness (QED) is 0.109. The van der Waals surface area contributed by atoms with Gasteiger partial charge in [-0.25, -0.2) is 0 Å². The van der Waals surface area contributed by atoms with Crippen LogP contribution < -0.4 is 0 Å². The Morgan fingerprint density at radius 1 is 0.967 bits per heavy atom. The van der Waals surface area contributed by atoms with Crippen molar-refractivity contribution in [3.8, 4) is 0 Å². The zero-order valence-corrected chi connectivity index (χ0v) is 16.9. The first-order valence-corrected chi connectivity index (χ1v) is 9.81. The molecule has 0 aromatic heterocycles. The van der Waals surface area contributed by atoms with Crippen molar-refractivity contribution in [1.82, 2.24) is 4.90 Å². The molecule has 0 aromatic carbocycles. The van der Waals surface area contributed by atoms with Crippen molar-refractivity contribution >= 4 is 17.6 Å². The number of rotatable bonds is 18. The Balaban J connectivity index is 2.11. The maximum atomic E-state index is 12.0. The maximum Gasteiger partial charge on any atom is 0.253 e. The molecule has 1 atom stereocenters. The maximum absolute atomic E-state index is 12.0. The highest BCUT2D eigenvalue weighted by molar-refractivity contribution is 6.12. The number of imide groups is 1. The second-order valence-electron chi connectivity index (χ2n) is 6.61. The number of carbonyl (C=O) groups excluding carboxylic acids is 3. The van der Waals surface area contributed by atoms with E-state index in [-0.39, 0.29) is 56.5 Å². The largest absolute Gasteiger partial charge is 0.377 e. The lowest BCUT2D eigenvalue weighted by Crippen LogP contribution is -2.33. The molecule has 0 aliphatic carbocycles. The Morgan fingerprint density at radius 2 is 1.63 bits per heavy atom. The highest BCUT2D eigenvalue weighted by Gasteiger charge is 2.22. The van der Waals surface area contributed by atoms with E-state index in [1.165, 1.54) is 12.2 Å². The van der Waals surface area contributed by atoms with E-state index in [1.807, 2.05) is 0 Å². The van der Waals surface area contributed by atoms with E-state index in [4.69, 9.17) is 20.5 Å². The molecule has 12 heteroatoms. The fraction of sp³-hybridized carbons (Fsp3) is 0.722. The molecule has 164 valence electrons. The van der Waals surface area contributed by atoms with Crippen LogP contribution in [0.4, 0.5) is 0 Å². The standard InChI is InChI=1S/C18H27N7O5/c19-23-21-8-1-2-15(7-9-22-24-20)3-4-16(26)14-30-13-12-29-11-10-25-17(27)5-6-18(25)28/h5-6,15H,1-4,7-14H2. The Bertz CT molecular complexity index is 681. The lowest BCUT2D eigenvalue weighted by Gasteiger charge is -2.15. The van der Waals surface area contributed by atoms with Crippen LogP contribution in [0.2, 0.25) is 0 Å². The van der Waals surface area contributed by atoms with Crippen molar-refractivity contribution in [3.63, 3.8) is 0 Å². The van der Waals surface area contributed by atoms with Crippen LogP contribution in [0.5, 0.6) is 0 Å². The first kappa shape index (κ1) is 25.1. The van der Waals surface area contributed by atoms with Crippen LogP contribution >= 0.6 is 0 Å². The van der Waals surface area contributed by atoms with Gasteiger partial charge in [-0.3, -0.25) is 19.3 Å². The van der Waals surface area contributed by atoms with E-state index in [0.717, 1.165) is 17.7 Å². The van der Waals surface area contributed by atoms with Gasteiger partial charge in [0.1, 0.15) is 6.61 Å². The zero-order valence-electron chi connectivity index (χ0n) is 16.9. The summed E-state index contributed by atoms with van der Waals surface area (Å²) in [7, 11) is 0. The molecule has 1 aliphatic heterocycles. The van der Waals surface area contributed by atoms with E-state index >= 15 is 0 Å². The van der Waals surface area contributed by atoms with Crippen molar-refractivity contribution in [2.24, 2.45) is 16.1 Å². The summed E-state index contributed by atoms with van der Waals surface area (Å²) in [5, 5.41) is 7.03. The summed E-state index contributed by atoms with van der Waals surface area (Å²) in [6.45, 7) is 1.64. The molecule has 0 saturated carbocycles. The van der Waals surface area contributed by atoms with Gasteiger partial charge in [0.05, 0.1) is 26.4 Å². The predicted octanol–water partition coefficient (Wildman–Crippen LogP) is 2.70. The summed E-state index contributed by atoms with van der Waals surface area (Å²) >= 11 is 0. The Labute approximate surface area is 174 Å². The summed E-state index contributed by atoms with van der Waals surface area (Å²) in [6.07, 6.45) is 5.64. The molecular formula is C18H27N7O5. The lowest BCUT2D eigenvalue weighted by atomic mass is 9.93. The number of carbonyl (C=O) groups is 3. The van der Waals surface area contributed by atoms with Gasteiger partial charge in [-0.05, 0) is 36.2 Å². The van der Waals surface area contributed by atoms with Gasteiger partial charge in [-0.1, -0.05) is 16.6 Å². The number of ether oxygens (including phenoxy) is 2. The van der Waals surface area contributed by atoms with Gasteiger partial charge >= 0.3 is 0 Å². The van der Waals surface area contributed by atoms with Crippen LogP contribution in [0.3, 0.4) is 0 Å². The SMILES string of the molecule is [N-]=[N+]=NCCCC(CCN=[N+]=[N-])CCC(=O)COCCOCCN1C(=O)C=CC1=O. The first-order chi connectivity index (χ1) is 14.6. The monoisotopic (exact) mass is 421 g/mol. The first-order valence-electron chi connectivity index (χ1n) is 9.81. The van der Waals surface area contributed by atoms with Crippen molar-refractivity contribution in [1.29, 1.82) is 0 Å². The third-order valence-corrected chi connectivity index (χ3v) is 4.46.